The van der Waals surface area contributed by atoms with Crippen molar-refractivity contribution < 1.29 is 22.1 Å². The summed E-state index contributed by atoms with van der Waals surface area (Å²) >= 11 is 0. The highest BCUT2D eigenvalue weighted by Gasteiger charge is 2.31. The Morgan fingerprint density at radius 3 is 2.35 bits per heavy atom. The number of halogens is 2. The van der Waals surface area contributed by atoms with E-state index < -0.39 is 37.2 Å². The van der Waals surface area contributed by atoms with Gasteiger partial charge in [-0.05, 0) is 25.1 Å². The molecule has 2 rings (SSSR count). The molecular weight excluding hydrogens is 330 g/mol. The first kappa shape index (κ1) is 16.8. The van der Waals surface area contributed by atoms with E-state index in [0.29, 0.717) is 0 Å². The summed E-state index contributed by atoms with van der Waals surface area (Å²) < 4.78 is 52.5. The van der Waals surface area contributed by atoms with Gasteiger partial charge in [0.25, 0.3) is 15.7 Å². The normalized spacial score (nSPS) is 11.3. The second kappa shape index (κ2) is 6.29. The fourth-order valence-corrected chi connectivity index (χ4v) is 3.70. The van der Waals surface area contributed by atoms with E-state index in [1.807, 2.05) is 0 Å². The first-order valence-corrected chi connectivity index (χ1v) is 7.94. The third-order valence-corrected chi connectivity index (χ3v) is 5.06. The number of nitrogens with zero attached hydrogens (tertiary/aromatic N) is 2. The summed E-state index contributed by atoms with van der Waals surface area (Å²) in [6.45, 7) is 1.37. The van der Waals surface area contributed by atoms with Crippen molar-refractivity contribution in [1.82, 2.24) is 0 Å². The number of nitro benzene ring substituents is 1. The quantitative estimate of drug-likeness (QED) is 0.618. The lowest BCUT2D eigenvalue weighted by atomic mass is 10.3. The van der Waals surface area contributed by atoms with E-state index in [1.165, 1.54) is 19.1 Å². The Morgan fingerprint density at radius 1 is 1.13 bits per heavy atom. The van der Waals surface area contributed by atoms with Gasteiger partial charge in [0, 0.05) is 18.7 Å². The fraction of sp³-hybridized carbons (Fsp3) is 0.143. The largest absolute Gasteiger partial charge is 0.289 e. The van der Waals surface area contributed by atoms with E-state index in [9.17, 15) is 27.3 Å². The van der Waals surface area contributed by atoms with Gasteiger partial charge in [-0.3, -0.25) is 14.4 Å². The summed E-state index contributed by atoms with van der Waals surface area (Å²) in [7, 11) is -4.31. The summed E-state index contributed by atoms with van der Waals surface area (Å²) in [5.41, 5.74) is -0.710. The summed E-state index contributed by atoms with van der Waals surface area (Å²) in [5, 5.41) is 11.0. The zero-order valence-electron chi connectivity index (χ0n) is 11.9. The van der Waals surface area contributed by atoms with Crippen LogP contribution in [-0.2, 0) is 10.0 Å². The van der Waals surface area contributed by atoms with E-state index in [0.717, 1.165) is 34.6 Å². The van der Waals surface area contributed by atoms with Crippen LogP contribution in [-0.4, -0.2) is 19.9 Å². The van der Waals surface area contributed by atoms with Crippen LogP contribution in [0.25, 0.3) is 0 Å². The molecule has 0 saturated carbocycles. The van der Waals surface area contributed by atoms with E-state index in [-0.39, 0.29) is 12.2 Å². The SMILES string of the molecule is CCN(c1ccc(F)c(F)c1)S(=O)(=O)c1ccccc1[N+](=O)[O-]. The average Bonchev–Trinajstić information content (AvgIpc) is 2.51. The van der Waals surface area contributed by atoms with Crippen molar-refractivity contribution in [3.63, 3.8) is 0 Å². The summed E-state index contributed by atoms with van der Waals surface area (Å²) in [4.78, 5) is 9.70. The number of anilines is 1. The number of hydrogen-bond acceptors (Lipinski definition) is 4. The van der Waals surface area contributed by atoms with Crippen LogP contribution in [0, 0.1) is 21.7 Å². The van der Waals surface area contributed by atoms with Crippen molar-refractivity contribution in [2.45, 2.75) is 11.8 Å². The molecule has 6 nitrogen and oxygen atoms in total. The fourth-order valence-electron chi connectivity index (χ4n) is 2.08. The van der Waals surface area contributed by atoms with E-state index in [1.54, 1.807) is 0 Å². The van der Waals surface area contributed by atoms with Crippen LogP contribution in [0.2, 0.25) is 0 Å². The Hall–Kier alpha value is -2.55. The number of sulfonamides is 1. The minimum atomic E-state index is -4.31. The lowest BCUT2D eigenvalue weighted by molar-refractivity contribution is -0.387. The molecule has 0 unspecified atom stereocenters. The van der Waals surface area contributed by atoms with Crippen molar-refractivity contribution in [3.8, 4) is 0 Å². The smallest absolute Gasteiger partial charge is 0.266 e. The first-order chi connectivity index (χ1) is 10.8. The monoisotopic (exact) mass is 342 g/mol. The van der Waals surface area contributed by atoms with Gasteiger partial charge >= 0.3 is 0 Å². The molecule has 9 heteroatoms. The zero-order valence-corrected chi connectivity index (χ0v) is 12.8. The molecule has 0 radical (unpaired) electrons. The molecule has 0 aliphatic carbocycles. The lowest BCUT2D eigenvalue weighted by Crippen LogP contribution is -2.31. The molecule has 0 heterocycles. The third-order valence-electron chi connectivity index (χ3n) is 3.11. The van der Waals surface area contributed by atoms with Gasteiger partial charge in [-0.2, -0.15) is 0 Å². The van der Waals surface area contributed by atoms with E-state index in [4.69, 9.17) is 0 Å². The number of rotatable bonds is 5. The highest BCUT2D eigenvalue weighted by Crippen LogP contribution is 2.30. The van der Waals surface area contributed by atoms with Crippen LogP contribution in [0.1, 0.15) is 6.92 Å². The molecule has 0 amide bonds. The van der Waals surface area contributed by atoms with Gasteiger partial charge in [0.05, 0.1) is 10.6 Å². The van der Waals surface area contributed by atoms with Crippen LogP contribution >= 0.6 is 0 Å². The predicted molar refractivity (Wildman–Crippen MR) is 79.7 cm³/mol. The van der Waals surface area contributed by atoms with Gasteiger partial charge in [0.1, 0.15) is 0 Å². The molecular formula is C14H12F2N2O4S. The summed E-state index contributed by atoms with van der Waals surface area (Å²) in [6, 6.07) is 7.45. The molecule has 23 heavy (non-hydrogen) atoms. The summed E-state index contributed by atoms with van der Waals surface area (Å²) in [6.07, 6.45) is 0. The third kappa shape index (κ3) is 3.14. The Bertz CT molecular complexity index is 856. The van der Waals surface area contributed by atoms with Gasteiger partial charge in [0.2, 0.25) is 0 Å². The standard InChI is InChI=1S/C14H12F2N2O4S/c1-2-17(10-7-8-11(15)12(16)9-10)23(21,22)14-6-4-3-5-13(14)18(19)20/h3-9H,2H2,1H3. The van der Waals surface area contributed by atoms with Crippen molar-refractivity contribution in [2.75, 3.05) is 10.8 Å². The Balaban J connectivity index is 2.60. The van der Waals surface area contributed by atoms with Gasteiger partial charge in [-0.25, -0.2) is 17.2 Å². The van der Waals surface area contributed by atoms with Crippen molar-refractivity contribution in [1.29, 1.82) is 0 Å². The Labute approximate surface area is 131 Å². The highest BCUT2D eigenvalue weighted by molar-refractivity contribution is 7.93. The maximum Gasteiger partial charge on any atom is 0.289 e. The number of hydrogen-bond donors (Lipinski definition) is 0. The molecule has 0 bridgehead atoms. The number of benzene rings is 2. The highest BCUT2D eigenvalue weighted by atomic mass is 32.2. The molecule has 2 aromatic rings. The van der Waals surface area contributed by atoms with Crippen LogP contribution in [0.5, 0.6) is 0 Å². The maximum absolute atomic E-state index is 13.4. The molecule has 0 atom stereocenters. The predicted octanol–water partition coefficient (Wildman–Crippen LogP) is 3.09. The topological polar surface area (TPSA) is 80.5 Å². The molecule has 0 saturated heterocycles. The molecule has 0 aromatic heterocycles. The molecule has 122 valence electrons. The van der Waals surface area contributed by atoms with Crippen molar-refractivity contribution in [3.05, 3.63) is 64.2 Å². The minimum Gasteiger partial charge on any atom is -0.266 e. The molecule has 0 N–H and O–H groups in total. The van der Waals surface area contributed by atoms with Crippen molar-refractivity contribution in [2.24, 2.45) is 0 Å². The molecule has 2 aromatic carbocycles. The number of nitro groups is 1. The van der Waals surface area contributed by atoms with E-state index >= 15 is 0 Å². The second-order valence-corrected chi connectivity index (χ2v) is 6.32. The molecule has 0 fully saturated rings. The second-order valence-electron chi connectivity index (χ2n) is 4.49. The van der Waals surface area contributed by atoms with Crippen molar-refractivity contribution >= 4 is 21.4 Å². The Kier molecular flexibility index (Phi) is 4.60. The maximum atomic E-state index is 13.4. The molecule has 0 aliphatic heterocycles. The first-order valence-electron chi connectivity index (χ1n) is 6.50. The summed E-state index contributed by atoms with van der Waals surface area (Å²) in [5.74, 6) is -2.33. The zero-order chi connectivity index (χ0) is 17.2. The minimum absolute atomic E-state index is 0.112. The Morgan fingerprint density at radius 2 is 1.78 bits per heavy atom. The lowest BCUT2D eigenvalue weighted by Gasteiger charge is -2.22. The van der Waals surface area contributed by atoms with Crippen LogP contribution < -0.4 is 4.31 Å². The van der Waals surface area contributed by atoms with Gasteiger partial charge in [0.15, 0.2) is 16.5 Å². The van der Waals surface area contributed by atoms with Gasteiger partial charge < -0.3 is 0 Å². The van der Waals surface area contributed by atoms with Gasteiger partial charge in [-0.1, -0.05) is 12.1 Å². The molecule has 0 aliphatic rings. The van der Waals surface area contributed by atoms with Crippen LogP contribution in [0.4, 0.5) is 20.2 Å². The van der Waals surface area contributed by atoms with E-state index in [2.05, 4.69) is 0 Å². The van der Waals surface area contributed by atoms with Crippen LogP contribution in [0.15, 0.2) is 47.4 Å². The molecule has 0 spiro atoms. The van der Waals surface area contributed by atoms with Gasteiger partial charge in [-0.15, -0.1) is 0 Å². The van der Waals surface area contributed by atoms with Crippen LogP contribution in [0.3, 0.4) is 0 Å². The average molecular weight is 342 g/mol. The number of para-hydroxylation sites is 1.